The number of urea groups is 1. The summed E-state index contributed by atoms with van der Waals surface area (Å²) in [6.45, 7) is 9.08. The fourth-order valence-corrected chi connectivity index (χ4v) is 1.48. The predicted octanol–water partition coefficient (Wildman–Crippen LogP) is 1.13. The Morgan fingerprint density at radius 2 is 1.84 bits per heavy atom. The van der Waals surface area contributed by atoms with Crippen LogP contribution >= 0.6 is 0 Å². The molecule has 0 aromatic carbocycles. The van der Waals surface area contributed by atoms with Crippen LogP contribution in [-0.2, 0) is 4.79 Å². The minimum atomic E-state index is -0.996. The highest BCUT2D eigenvalue weighted by Crippen LogP contribution is 2.07. The van der Waals surface area contributed by atoms with E-state index in [0.29, 0.717) is 19.0 Å². The van der Waals surface area contributed by atoms with Crippen molar-refractivity contribution in [3.63, 3.8) is 0 Å². The Morgan fingerprint density at radius 1 is 1.26 bits per heavy atom. The zero-order valence-corrected chi connectivity index (χ0v) is 12.6. The molecule has 112 valence electrons. The van der Waals surface area contributed by atoms with E-state index in [2.05, 4.69) is 29.4 Å². The number of nitrogens with one attached hydrogen (secondary N) is 2. The van der Waals surface area contributed by atoms with Crippen molar-refractivity contribution < 1.29 is 14.7 Å². The van der Waals surface area contributed by atoms with Crippen molar-refractivity contribution in [1.82, 2.24) is 15.5 Å². The van der Waals surface area contributed by atoms with Crippen molar-refractivity contribution in [2.45, 2.75) is 46.2 Å². The molecule has 0 saturated heterocycles. The van der Waals surface area contributed by atoms with Gasteiger partial charge < -0.3 is 20.6 Å². The Labute approximate surface area is 115 Å². The molecule has 0 radical (unpaired) electrons. The summed E-state index contributed by atoms with van der Waals surface area (Å²) < 4.78 is 0. The molecule has 0 aliphatic carbocycles. The SMILES string of the molecule is CCC(C)C(NC(=O)NCCN(C)C(C)C)C(=O)O. The lowest BCUT2D eigenvalue weighted by Crippen LogP contribution is -2.50. The first-order chi connectivity index (χ1) is 8.79. The summed E-state index contributed by atoms with van der Waals surface area (Å²) in [7, 11) is 1.98. The maximum Gasteiger partial charge on any atom is 0.326 e. The number of carboxylic acid groups (broad SMARTS) is 1. The number of likely N-dealkylation sites (N-methyl/N-ethyl adjacent to an activating group) is 1. The van der Waals surface area contributed by atoms with E-state index >= 15 is 0 Å². The number of nitrogens with zero attached hydrogens (tertiary/aromatic N) is 1. The Bertz CT molecular complexity index is 295. The monoisotopic (exact) mass is 273 g/mol. The van der Waals surface area contributed by atoms with Crippen molar-refractivity contribution >= 4 is 12.0 Å². The van der Waals surface area contributed by atoms with Gasteiger partial charge >= 0.3 is 12.0 Å². The Hall–Kier alpha value is -1.30. The molecule has 0 rings (SSSR count). The van der Waals surface area contributed by atoms with E-state index in [0.717, 1.165) is 6.54 Å². The average molecular weight is 273 g/mol. The van der Waals surface area contributed by atoms with Gasteiger partial charge in [0.15, 0.2) is 0 Å². The normalized spacial score (nSPS) is 14.3. The molecule has 0 spiro atoms. The highest BCUT2D eigenvalue weighted by molar-refractivity contribution is 5.82. The van der Waals surface area contributed by atoms with Crippen LogP contribution in [0.15, 0.2) is 0 Å². The summed E-state index contributed by atoms with van der Waals surface area (Å²) >= 11 is 0. The van der Waals surface area contributed by atoms with Crippen LogP contribution in [-0.4, -0.2) is 54.2 Å². The van der Waals surface area contributed by atoms with E-state index in [1.807, 2.05) is 20.9 Å². The third-order valence-electron chi connectivity index (χ3n) is 3.40. The van der Waals surface area contributed by atoms with Gasteiger partial charge in [-0.05, 0) is 26.8 Å². The van der Waals surface area contributed by atoms with Gasteiger partial charge in [0.05, 0.1) is 0 Å². The lowest BCUT2D eigenvalue weighted by molar-refractivity contribution is -0.140. The molecule has 19 heavy (non-hydrogen) atoms. The van der Waals surface area contributed by atoms with E-state index < -0.39 is 18.0 Å². The van der Waals surface area contributed by atoms with Gasteiger partial charge in [-0.1, -0.05) is 20.3 Å². The smallest absolute Gasteiger partial charge is 0.326 e. The second kappa shape index (κ2) is 8.74. The summed E-state index contributed by atoms with van der Waals surface area (Å²) in [4.78, 5) is 24.8. The van der Waals surface area contributed by atoms with Crippen molar-refractivity contribution in [2.75, 3.05) is 20.1 Å². The van der Waals surface area contributed by atoms with Gasteiger partial charge in [0, 0.05) is 19.1 Å². The van der Waals surface area contributed by atoms with Gasteiger partial charge in [0.2, 0.25) is 0 Å². The molecule has 0 aliphatic heterocycles. The minimum absolute atomic E-state index is 0.0958. The molecular formula is C13H27N3O3. The van der Waals surface area contributed by atoms with Crippen LogP contribution in [0.5, 0.6) is 0 Å². The Morgan fingerprint density at radius 3 is 2.26 bits per heavy atom. The van der Waals surface area contributed by atoms with E-state index in [1.165, 1.54) is 0 Å². The lowest BCUT2D eigenvalue weighted by Gasteiger charge is -2.22. The van der Waals surface area contributed by atoms with Crippen molar-refractivity contribution in [1.29, 1.82) is 0 Å². The van der Waals surface area contributed by atoms with E-state index in [1.54, 1.807) is 0 Å². The van der Waals surface area contributed by atoms with Crippen LogP contribution in [0.1, 0.15) is 34.1 Å². The van der Waals surface area contributed by atoms with Crippen LogP contribution in [0.3, 0.4) is 0 Å². The number of rotatable bonds is 8. The van der Waals surface area contributed by atoms with E-state index in [-0.39, 0.29) is 5.92 Å². The molecule has 6 heteroatoms. The second-order valence-electron chi connectivity index (χ2n) is 5.18. The van der Waals surface area contributed by atoms with Crippen LogP contribution < -0.4 is 10.6 Å². The molecule has 2 amide bonds. The number of carbonyl (C=O) groups excluding carboxylic acids is 1. The van der Waals surface area contributed by atoms with Crippen molar-refractivity contribution in [3.05, 3.63) is 0 Å². The number of hydrogen-bond acceptors (Lipinski definition) is 3. The zero-order valence-electron chi connectivity index (χ0n) is 12.6. The predicted molar refractivity (Wildman–Crippen MR) is 75.2 cm³/mol. The molecule has 2 unspecified atom stereocenters. The second-order valence-corrected chi connectivity index (χ2v) is 5.18. The molecule has 3 N–H and O–H groups in total. The maximum atomic E-state index is 11.6. The van der Waals surface area contributed by atoms with Crippen molar-refractivity contribution in [3.8, 4) is 0 Å². The number of carbonyl (C=O) groups is 2. The maximum absolute atomic E-state index is 11.6. The first-order valence-electron chi connectivity index (χ1n) is 6.77. The number of amides is 2. The van der Waals surface area contributed by atoms with Crippen LogP contribution in [0, 0.1) is 5.92 Å². The summed E-state index contributed by atoms with van der Waals surface area (Å²) in [5.41, 5.74) is 0. The largest absolute Gasteiger partial charge is 0.480 e. The molecule has 0 fully saturated rings. The minimum Gasteiger partial charge on any atom is -0.480 e. The van der Waals surface area contributed by atoms with Crippen molar-refractivity contribution in [2.24, 2.45) is 5.92 Å². The van der Waals surface area contributed by atoms with Crippen LogP contribution in [0.4, 0.5) is 4.79 Å². The molecular weight excluding hydrogens is 246 g/mol. The average Bonchev–Trinajstić information content (AvgIpc) is 2.34. The first-order valence-corrected chi connectivity index (χ1v) is 6.77. The molecule has 0 saturated carbocycles. The fourth-order valence-electron chi connectivity index (χ4n) is 1.48. The van der Waals surface area contributed by atoms with Gasteiger partial charge in [-0.3, -0.25) is 0 Å². The Balaban J connectivity index is 4.11. The quantitative estimate of drug-likeness (QED) is 0.619. The van der Waals surface area contributed by atoms with E-state index in [4.69, 9.17) is 5.11 Å². The molecule has 2 atom stereocenters. The summed E-state index contributed by atoms with van der Waals surface area (Å²) in [5.74, 6) is -1.09. The van der Waals surface area contributed by atoms with E-state index in [9.17, 15) is 9.59 Å². The molecule has 0 aromatic rings. The highest BCUT2D eigenvalue weighted by atomic mass is 16.4. The molecule has 0 bridgehead atoms. The van der Waals surface area contributed by atoms with Gasteiger partial charge in [0.1, 0.15) is 6.04 Å². The van der Waals surface area contributed by atoms with Crippen LogP contribution in [0.2, 0.25) is 0 Å². The van der Waals surface area contributed by atoms with Gasteiger partial charge in [-0.2, -0.15) is 0 Å². The third kappa shape index (κ3) is 7.00. The Kier molecular flexibility index (Phi) is 8.14. The fraction of sp³-hybridized carbons (Fsp3) is 0.846. The first kappa shape index (κ1) is 17.7. The number of hydrogen-bond donors (Lipinski definition) is 3. The lowest BCUT2D eigenvalue weighted by atomic mass is 9.99. The molecule has 0 aromatic heterocycles. The summed E-state index contributed by atoms with van der Waals surface area (Å²) in [5, 5.41) is 14.2. The topological polar surface area (TPSA) is 81.7 Å². The standard InChI is InChI=1S/C13H27N3O3/c1-6-10(4)11(12(17)18)15-13(19)14-7-8-16(5)9(2)3/h9-11H,6-8H2,1-5H3,(H,17,18)(H2,14,15,19). The zero-order chi connectivity index (χ0) is 15.0. The van der Waals surface area contributed by atoms with Gasteiger partial charge in [-0.25, -0.2) is 9.59 Å². The van der Waals surface area contributed by atoms with Gasteiger partial charge in [0.25, 0.3) is 0 Å². The number of aliphatic carboxylic acids is 1. The summed E-state index contributed by atoms with van der Waals surface area (Å²) in [6, 6.07) is -0.852. The van der Waals surface area contributed by atoms with Crippen LogP contribution in [0.25, 0.3) is 0 Å². The molecule has 6 nitrogen and oxygen atoms in total. The molecule has 0 aliphatic rings. The number of carboxylic acids is 1. The highest BCUT2D eigenvalue weighted by Gasteiger charge is 2.25. The summed E-state index contributed by atoms with van der Waals surface area (Å²) in [6.07, 6.45) is 0.702. The van der Waals surface area contributed by atoms with Gasteiger partial charge in [-0.15, -0.1) is 0 Å². The molecule has 0 heterocycles. The third-order valence-corrected chi connectivity index (χ3v) is 3.40.